The Balaban J connectivity index is 1.29. The van der Waals surface area contributed by atoms with Crippen LogP contribution in [0.3, 0.4) is 0 Å². The fourth-order valence-electron chi connectivity index (χ4n) is 4.84. The highest BCUT2D eigenvalue weighted by molar-refractivity contribution is 9.10. The minimum absolute atomic E-state index is 0.215. The van der Waals surface area contributed by atoms with Crippen molar-refractivity contribution < 1.29 is 4.74 Å². The van der Waals surface area contributed by atoms with Crippen LogP contribution in [0.4, 0.5) is 5.69 Å². The van der Waals surface area contributed by atoms with Gasteiger partial charge in [0.25, 0.3) is 0 Å². The van der Waals surface area contributed by atoms with Gasteiger partial charge >= 0.3 is 0 Å². The number of hydrogen-bond acceptors (Lipinski definition) is 3. The lowest BCUT2D eigenvalue weighted by Crippen LogP contribution is -2.44. The third-order valence-electron chi connectivity index (χ3n) is 6.45. The van der Waals surface area contributed by atoms with Crippen molar-refractivity contribution in [1.29, 1.82) is 0 Å². The topological polar surface area (TPSA) is 15.7 Å². The van der Waals surface area contributed by atoms with E-state index in [0.29, 0.717) is 6.04 Å². The molecular weight excluding hydrogens is 424 g/mol. The van der Waals surface area contributed by atoms with Crippen LogP contribution >= 0.6 is 15.9 Å². The predicted molar refractivity (Wildman–Crippen MR) is 125 cm³/mol. The van der Waals surface area contributed by atoms with E-state index >= 15 is 0 Å². The highest BCUT2D eigenvalue weighted by atomic mass is 79.9. The molecular formula is C25H33BrN2O. The summed E-state index contributed by atoms with van der Waals surface area (Å²) in [5.74, 6) is 1.75. The van der Waals surface area contributed by atoms with Crippen molar-refractivity contribution in [2.75, 3.05) is 31.6 Å². The monoisotopic (exact) mass is 456 g/mol. The number of fused-ring (bicyclic) bond motifs is 1. The summed E-state index contributed by atoms with van der Waals surface area (Å²) in [6.07, 6.45) is 5.10. The minimum Gasteiger partial charge on any atom is -0.491 e. The van der Waals surface area contributed by atoms with E-state index in [-0.39, 0.29) is 6.10 Å². The summed E-state index contributed by atoms with van der Waals surface area (Å²) in [6.45, 7) is 7.77. The molecule has 4 rings (SSSR count). The molecule has 0 N–H and O–H groups in total. The van der Waals surface area contributed by atoms with Gasteiger partial charge in [0.15, 0.2) is 0 Å². The minimum atomic E-state index is 0.215. The second-order valence-corrected chi connectivity index (χ2v) is 9.82. The third kappa shape index (κ3) is 4.97. The number of halogens is 1. The van der Waals surface area contributed by atoms with E-state index in [2.05, 4.69) is 89.1 Å². The van der Waals surface area contributed by atoms with E-state index < -0.39 is 0 Å². The zero-order chi connectivity index (χ0) is 20.4. The Bertz CT molecular complexity index is 829. The van der Waals surface area contributed by atoms with Gasteiger partial charge in [0.2, 0.25) is 0 Å². The third-order valence-corrected chi connectivity index (χ3v) is 7.22. The Labute approximate surface area is 184 Å². The summed E-state index contributed by atoms with van der Waals surface area (Å²) in [5.41, 5.74) is 4.30. The van der Waals surface area contributed by atoms with Crippen molar-refractivity contribution in [1.82, 2.24) is 4.90 Å². The lowest BCUT2D eigenvalue weighted by Gasteiger charge is -2.35. The number of nitrogens with zero attached hydrogens (tertiary/aromatic N) is 2. The Kier molecular flexibility index (Phi) is 6.50. The predicted octanol–water partition coefficient (Wildman–Crippen LogP) is 5.55. The summed E-state index contributed by atoms with van der Waals surface area (Å²) in [6, 6.07) is 15.9. The maximum atomic E-state index is 5.89. The Morgan fingerprint density at radius 3 is 2.59 bits per heavy atom. The van der Waals surface area contributed by atoms with E-state index in [1.165, 1.54) is 60.2 Å². The molecule has 0 amide bonds. The first-order valence-corrected chi connectivity index (χ1v) is 11.8. The van der Waals surface area contributed by atoms with E-state index in [0.717, 1.165) is 18.1 Å². The molecule has 0 radical (unpaired) electrons. The Hall–Kier alpha value is -1.52. The first-order chi connectivity index (χ1) is 14.0. The number of hydrogen-bond donors (Lipinski definition) is 0. The zero-order valence-electron chi connectivity index (χ0n) is 17.9. The van der Waals surface area contributed by atoms with Gasteiger partial charge in [0.1, 0.15) is 5.75 Å². The second kappa shape index (κ2) is 9.09. The fourth-order valence-corrected chi connectivity index (χ4v) is 5.25. The molecule has 29 heavy (non-hydrogen) atoms. The van der Waals surface area contributed by atoms with Gasteiger partial charge < -0.3 is 14.5 Å². The molecule has 2 aliphatic rings. The molecule has 0 aliphatic carbocycles. The molecule has 1 fully saturated rings. The number of ether oxygens (including phenoxy) is 1. The van der Waals surface area contributed by atoms with Gasteiger partial charge in [-0.05, 0) is 93.9 Å². The van der Waals surface area contributed by atoms with Crippen LogP contribution in [0.2, 0.25) is 0 Å². The average molecular weight is 457 g/mol. The van der Waals surface area contributed by atoms with Crippen molar-refractivity contribution in [3.05, 3.63) is 58.1 Å². The van der Waals surface area contributed by atoms with Gasteiger partial charge in [-0.3, -0.25) is 0 Å². The molecule has 0 aromatic heterocycles. The van der Waals surface area contributed by atoms with Gasteiger partial charge in [-0.15, -0.1) is 0 Å². The molecule has 1 saturated heterocycles. The number of benzene rings is 2. The second-order valence-electron chi connectivity index (χ2n) is 8.97. The van der Waals surface area contributed by atoms with Gasteiger partial charge in [0.05, 0.1) is 6.10 Å². The van der Waals surface area contributed by atoms with Crippen LogP contribution in [0.1, 0.15) is 37.8 Å². The van der Waals surface area contributed by atoms with Crippen LogP contribution in [0.15, 0.2) is 46.9 Å². The average Bonchev–Trinajstić information content (AvgIpc) is 3.01. The van der Waals surface area contributed by atoms with Crippen molar-refractivity contribution in [3.8, 4) is 5.75 Å². The lowest BCUT2D eigenvalue weighted by molar-refractivity contribution is 0.175. The fraction of sp³-hybridized carbons (Fsp3) is 0.520. The van der Waals surface area contributed by atoms with Crippen molar-refractivity contribution in [2.45, 2.75) is 51.7 Å². The molecule has 2 heterocycles. The van der Waals surface area contributed by atoms with Gasteiger partial charge in [-0.1, -0.05) is 34.1 Å². The molecule has 0 bridgehead atoms. The summed E-state index contributed by atoms with van der Waals surface area (Å²) in [4.78, 5) is 5.16. The Morgan fingerprint density at radius 1 is 1.10 bits per heavy atom. The van der Waals surface area contributed by atoms with Gasteiger partial charge in [0, 0.05) is 29.8 Å². The van der Waals surface area contributed by atoms with Crippen LogP contribution < -0.4 is 9.64 Å². The SMILES string of the molecule is CC(C)Oc1ccc(Br)c(CC2CCN(CC3Cc4ccccc4N3C)CC2)c1. The van der Waals surface area contributed by atoms with Crippen LogP contribution in [0.25, 0.3) is 0 Å². The number of anilines is 1. The first-order valence-electron chi connectivity index (χ1n) is 11.0. The van der Waals surface area contributed by atoms with Crippen molar-refractivity contribution in [2.24, 2.45) is 5.92 Å². The van der Waals surface area contributed by atoms with E-state index in [9.17, 15) is 0 Å². The number of likely N-dealkylation sites (tertiary alicyclic amines) is 1. The van der Waals surface area contributed by atoms with Crippen LogP contribution in [0, 0.1) is 5.92 Å². The molecule has 1 atom stereocenters. The lowest BCUT2D eigenvalue weighted by atomic mass is 9.90. The quantitative estimate of drug-likeness (QED) is 0.566. The molecule has 3 nitrogen and oxygen atoms in total. The maximum absolute atomic E-state index is 5.89. The molecule has 0 saturated carbocycles. The van der Waals surface area contributed by atoms with Crippen molar-refractivity contribution >= 4 is 21.6 Å². The zero-order valence-corrected chi connectivity index (χ0v) is 19.5. The molecule has 4 heteroatoms. The molecule has 156 valence electrons. The summed E-state index contributed by atoms with van der Waals surface area (Å²) in [5, 5.41) is 0. The maximum Gasteiger partial charge on any atom is 0.120 e. The molecule has 1 unspecified atom stereocenters. The highest BCUT2D eigenvalue weighted by Gasteiger charge is 2.29. The summed E-state index contributed by atoms with van der Waals surface area (Å²) >= 11 is 3.74. The van der Waals surface area contributed by atoms with Gasteiger partial charge in [-0.2, -0.15) is 0 Å². The highest BCUT2D eigenvalue weighted by Crippen LogP contribution is 2.32. The summed E-state index contributed by atoms with van der Waals surface area (Å²) < 4.78 is 7.10. The summed E-state index contributed by atoms with van der Waals surface area (Å²) in [7, 11) is 2.26. The van der Waals surface area contributed by atoms with E-state index in [4.69, 9.17) is 4.74 Å². The van der Waals surface area contributed by atoms with Crippen molar-refractivity contribution in [3.63, 3.8) is 0 Å². The normalized spacial score (nSPS) is 20.3. The number of para-hydroxylation sites is 1. The van der Waals surface area contributed by atoms with Crippen LogP contribution in [-0.2, 0) is 12.8 Å². The molecule has 2 aromatic carbocycles. The number of piperidine rings is 1. The smallest absolute Gasteiger partial charge is 0.120 e. The van der Waals surface area contributed by atoms with E-state index in [1.807, 2.05) is 0 Å². The number of rotatable bonds is 6. The standard InChI is InChI=1S/C25H33BrN2O/c1-18(2)29-23-8-9-24(26)21(16-23)14-19-10-12-28(13-11-19)17-22-15-20-6-4-5-7-25(20)27(22)3/h4-9,16,18-19,22H,10-15,17H2,1-3H3. The van der Waals surface area contributed by atoms with E-state index in [1.54, 1.807) is 0 Å². The molecule has 2 aromatic rings. The largest absolute Gasteiger partial charge is 0.491 e. The molecule has 2 aliphatic heterocycles. The van der Waals surface area contributed by atoms with Crippen LogP contribution in [0.5, 0.6) is 5.75 Å². The van der Waals surface area contributed by atoms with Gasteiger partial charge in [-0.25, -0.2) is 0 Å². The molecule has 0 spiro atoms. The Morgan fingerprint density at radius 2 is 1.86 bits per heavy atom. The van der Waals surface area contributed by atoms with Crippen LogP contribution in [-0.4, -0.2) is 43.7 Å². The first kappa shape index (κ1) is 20.7. The number of likely N-dealkylation sites (N-methyl/N-ethyl adjacent to an activating group) is 1.